The predicted molar refractivity (Wildman–Crippen MR) is 109 cm³/mol. The number of hydrogen-bond acceptors (Lipinski definition) is 6. The summed E-state index contributed by atoms with van der Waals surface area (Å²) in [6.07, 6.45) is 3.50. The van der Waals surface area contributed by atoms with Gasteiger partial charge in [0, 0.05) is 37.5 Å². The summed E-state index contributed by atoms with van der Waals surface area (Å²) >= 11 is 0. The number of anilines is 1. The number of benzene rings is 1. The Hall–Kier alpha value is -3.55. The maximum Gasteiger partial charge on any atom is 0.241 e. The number of likely N-dealkylation sites (N-methyl/N-ethyl adjacent to an activating group) is 1. The first-order valence-electron chi connectivity index (χ1n) is 9.40. The summed E-state index contributed by atoms with van der Waals surface area (Å²) in [6, 6.07) is 11.4. The van der Waals surface area contributed by atoms with E-state index in [1.54, 1.807) is 24.2 Å². The highest BCUT2D eigenvalue weighted by molar-refractivity contribution is 5.78. The monoisotopic (exact) mass is 393 g/mol. The molecule has 29 heavy (non-hydrogen) atoms. The lowest BCUT2D eigenvalue weighted by Gasteiger charge is -2.20. The number of pyridine rings is 1. The normalized spacial score (nSPS) is 11.8. The second kappa shape index (κ2) is 8.22. The quantitative estimate of drug-likeness (QED) is 0.662. The Labute approximate surface area is 169 Å². The molecule has 0 unspecified atom stereocenters. The van der Waals surface area contributed by atoms with Crippen LogP contribution in [-0.2, 0) is 17.9 Å². The number of ether oxygens (including phenoxy) is 2. The number of amides is 1. The Morgan fingerprint density at radius 3 is 3.03 bits per heavy atom. The summed E-state index contributed by atoms with van der Waals surface area (Å²) in [5, 5.41) is 7.35. The van der Waals surface area contributed by atoms with Gasteiger partial charge in [-0.15, -0.1) is 0 Å². The maximum atomic E-state index is 12.5. The number of hydrogen-bond donors (Lipinski definition) is 1. The Bertz CT molecular complexity index is 1000. The molecule has 4 rings (SSSR count). The standard InChI is InChI=1S/C21H23N5O3/c1-25(19-5-3-4-8-22-19)10-9-23-20(27)13-26-21-15(12-24-26)14-29-18-7-6-16(28-2)11-17(18)21/h3-8,11-12H,9-10,13-14H2,1-2H3,(H,23,27). The molecular formula is C21H23N5O3. The topological polar surface area (TPSA) is 81.5 Å². The molecule has 0 saturated heterocycles. The van der Waals surface area contributed by atoms with Crippen LogP contribution in [0, 0.1) is 0 Å². The van der Waals surface area contributed by atoms with Crippen LogP contribution in [0.25, 0.3) is 11.3 Å². The minimum atomic E-state index is -0.0961. The number of carbonyl (C=O) groups excluding carboxylic acids is 1. The molecule has 150 valence electrons. The van der Waals surface area contributed by atoms with Crippen LogP contribution in [0.4, 0.5) is 5.82 Å². The third kappa shape index (κ3) is 4.01. The zero-order valence-electron chi connectivity index (χ0n) is 16.5. The summed E-state index contributed by atoms with van der Waals surface area (Å²) in [5.41, 5.74) is 2.73. The third-order valence-corrected chi connectivity index (χ3v) is 4.84. The van der Waals surface area contributed by atoms with Crippen LogP contribution < -0.4 is 19.7 Å². The Kier molecular flexibility index (Phi) is 5.33. The van der Waals surface area contributed by atoms with E-state index in [-0.39, 0.29) is 12.5 Å². The summed E-state index contributed by atoms with van der Waals surface area (Å²) in [7, 11) is 3.57. The fourth-order valence-electron chi connectivity index (χ4n) is 3.31. The van der Waals surface area contributed by atoms with Crippen molar-refractivity contribution in [3.8, 4) is 22.8 Å². The Morgan fingerprint density at radius 2 is 2.24 bits per heavy atom. The van der Waals surface area contributed by atoms with Crippen molar-refractivity contribution >= 4 is 11.7 Å². The van der Waals surface area contributed by atoms with Gasteiger partial charge in [0.2, 0.25) is 5.91 Å². The van der Waals surface area contributed by atoms with Gasteiger partial charge in [-0.2, -0.15) is 5.10 Å². The van der Waals surface area contributed by atoms with Crippen molar-refractivity contribution in [1.82, 2.24) is 20.1 Å². The van der Waals surface area contributed by atoms with Crippen molar-refractivity contribution in [3.63, 3.8) is 0 Å². The lowest BCUT2D eigenvalue weighted by Crippen LogP contribution is -2.35. The lowest BCUT2D eigenvalue weighted by atomic mass is 10.0. The highest BCUT2D eigenvalue weighted by atomic mass is 16.5. The summed E-state index contributed by atoms with van der Waals surface area (Å²) in [6.45, 7) is 1.75. The SMILES string of the molecule is COc1ccc2c(c1)-c1c(cnn1CC(=O)NCCN(C)c1ccccn1)CO2. The zero-order chi connectivity index (χ0) is 20.2. The van der Waals surface area contributed by atoms with E-state index in [0.29, 0.717) is 19.7 Å². The first kappa shape index (κ1) is 18.8. The molecule has 0 atom stereocenters. The number of rotatable bonds is 7. The molecule has 8 heteroatoms. The van der Waals surface area contributed by atoms with Gasteiger partial charge < -0.3 is 19.7 Å². The van der Waals surface area contributed by atoms with Gasteiger partial charge in [0.05, 0.1) is 19.0 Å². The minimum Gasteiger partial charge on any atom is -0.497 e. The molecular weight excluding hydrogens is 370 g/mol. The van der Waals surface area contributed by atoms with Crippen LogP contribution in [0.3, 0.4) is 0 Å². The van der Waals surface area contributed by atoms with Gasteiger partial charge in [-0.05, 0) is 30.3 Å². The number of carbonyl (C=O) groups is 1. The van der Waals surface area contributed by atoms with Gasteiger partial charge in [0.25, 0.3) is 0 Å². The van der Waals surface area contributed by atoms with E-state index in [2.05, 4.69) is 15.4 Å². The summed E-state index contributed by atoms with van der Waals surface area (Å²) in [4.78, 5) is 18.8. The molecule has 0 radical (unpaired) electrons. The highest BCUT2D eigenvalue weighted by Crippen LogP contribution is 2.39. The van der Waals surface area contributed by atoms with Crippen molar-refractivity contribution in [1.29, 1.82) is 0 Å². The molecule has 0 bridgehead atoms. The maximum absolute atomic E-state index is 12.5. The molecule has 0 saturated carbocycles. The zero-order valence-corrected chi connectivity index (χ0v) is 16.5. The van der Waals surface area contributed by atoms with Crippen LogP contribution in [0.5, 0.6) is 11.5 Å². The van der Waals surface area contributed by atoms with E-state index in [0.717, 1.165) is 34.1 Å². The molecule has 1 aromatic carbocycles. The van der Waals surface area contributed by atoms with Gasteiger partial charge >= 0.3 is 0 Å². The van der Waals surface area contributed by atoms with Crippen LogP contribution in [0.1, 0.15) is 5.56 Å². The molecule has 3 heterocycles. The average molecular weight is 393 g/mol. The van der Waals surface area contributed by atoms with E-state index in [1.807, 2.05) is 48.3 Å². The van der Waals surface area contributed by atoms with Crippen LogP contribution in [-0.4, -0.2) is 47.9 Å². The number of nitrogens with one attached hydrogen (secondary N) is 1. The van der Waals surface area contributed by atoms with Crippen molar-refractivity contribution in [2.75, 3.05) is 32.1 Å². The van der Waals surface area contributed by atoms with E-state index < -0.39 is 0 Å². The van der Waals surface area contributed by atoms with E-state index in [4.69, 9.17) is 9.47 Å². The van der Waals surface area contributed by atoms with Crippen LogP contribution in [0.15, 0.2) is 48.8 Å². The molecule has 1 amide bonds. The van der Waals surface area contributed by atoms with Crippen molar-refractivity contribution in [2.24, 2.45) is 0 Å². The van der Waals surface area contributed by atoms with Crippen molar-refractivity contribution < 1.29 is 14.3 Å². The molecule has 3 aromatic rings. The predicted octanol–water partition coefficient (Wildman–Crippen LogP) is 2.10. The van der Waals surface area contributed by atoms with E-state index >= 15 is 0 Å². The molecule has 1 aliphatic heterocycles. The minimum absolute atomic E-state index is 0.0961. The fourth-order valence-corrected chi connectivity index (χ4v) is 3.31. The van der Waals surface area contributed by atoms with Crippen molar-refractivity contribution in [3.05, 3.63) is 54.4 Å². The second-order valence-electron chi connectivity index (χ2n) is 6.79. The Balaban J connectivity index is 1.41. The molecule has 2 aromatic heterocycles. The highest BCUT2D eigenvalue weighted by Gasteiger charge is 2.23. The van der Waals surface area contributed by atoms with E-state index in [9.17, 15) is 4.79 Å². The lowest BCUT2D eigenvalue weighted by molar-refractivity contribution is -0.121. The van der Waals surface area contributed by atoms with Gasteiger partial charge in [0.1, 0.15) is 30.5 Å². The van der Waals surface area contributed by atoms with Crippen LogP contribution >= 0.6 is 0 Å². The summed E-state index contributed by atoms with van der Waals surface area (Å²) < 4.78 is 12.8. The Morgan fingerprint density at radius 1 is 1.34 bits per heavy atom. The molecule has 0 aliphatic carbocycles. The smallest absolute Gasteiger partial charge is 0.241 e. The number of nitrogens with zero attached hydrogens (tertiary/aromatic N) is 4. The largest absolute Gasteiger partial charge is 0.497 e. The van der Waals surface area contributed by atoms with Gasteiger partial charge in [-0.1, -0.05) is 6.07 Å². The van der Waals surface area contributed by atoms with Gasteiger partial charge in [0.15, 0.2) is 0 Å². The third-order valence-electron chi connectivity index (χ3n) is 4.84. The first-order valence-corrected chi connectivity index (χ1v) is 9.40. The average Bonchev–Trinajstić information content (AvgIpc) is 3.17. The molecule has 0 spiro atoms. The molecule has 8 nitrogen and oxygen atoms in total. The second-order valence-corrected chi connectivity index (χ2v) is 6.79. The summed E-state index contributed by atoms with van der Waals surface area (Å²) in [5.74, 6) is 2.27. The van der Waals surface area contributed by atoms with Gasteiger partial charge in [-0.25, -0.2) is 4.98 Å². The number of aromatic nitrogens is 3. The molecule has 1 N–H and O–H groups in total. The first-order chi connectivity index (χ1) is 14.2. The molecule has 0 fully saturated rings. The van der Waals surface area contributed by atoms with E-state index in [1.165, 1.54) is 0 Å². The number of fused-ring (bicyclic) bond motifs is 3. The van der Waals surface area contributed by atoms with Crippen LogP contribution in [0.2, 0.25) is 0 Å². The van der Waals surface area contributed by atoms with Gasteiger partial charge in [-0.3, -0.25) is 9.48 Å². The fraction of sp³-hybridized carbons (Fsp3) is 0.286. The van der Waals surface area contributed by atoms with Crippen molar-refractivity contribution in [2.45, 2.75) is 13.2 Å². The molecule has 1 aliphatic rings. The number of methoxy groups -OCH3 is 1.